The van der Waals surface area contributed by atoms with E-state index < -0.39 is 5.41 Å². The minimum Gasteiger partial charge on any atom is -0.508 e. The first kappa shape index (κ1) is 18.6. The molecular weight excluding hydrogens is 360 g/mol. The van der Waals surface area contributed by atoms with Gasteiger partial charge in [0.1, 0.15) is 17.2 Å². The van der Waals surface area contributed by atoms with E-state index in [0.717, 1.165) is 22.3 Å². The maximum absolute atomic E-state index is 9.86. The lowest BCUT2D eigenvalue weighted by Crippen LogP contribution is -2.32. The molecule has 0 atom stereocenters. The standard InChI is InChI=1S/C26H22O3/c27-23-12-6-20(7-13-23)26(18-19-4-2-1-3-5-19,21-8-14-24(28)15-9-21)22-10-16-25(29)17-11-22/h1-17,27-29H,18H2. The number of aromatic hydroxyl groups is 3. The molecule has 0 radical (unpaired) electrons. The van der Waals surface area contributed by atoms with Crippen molar-refractivity contribution in [1.82, 2.24) is 0 Å². The van der Waals surface area contributed by atoms with Crippen molar-refractivity contribution in [2.24, 2.45) is 0 Å². The second-order valence-electron chi connectivity index (χ2n) is 7.21. The number of phenols is 3. The van der Waals surface area contributed by atoms with Gasteiger partial charge in [0.25, 0.3) is 0 Å². The molecule has 4 aromatic rings. The van der Waals surface area contributed by atoms with E-state index in [2.05, 4.69) is 12.1 Å². The molecule has 3 N–H and O–H groups in total. The fraction of sp³-hybridized carbons (Fsp3) is 0.0769. The van der Waals surface area contributed by atoms with E-state index in [0.29, 0.717) is 6.42 Å². The molecule has 0 fully saturated rings. The molecule has 0 saturated heterocycles. The minimum absolute atomic E-state index is 0.207. The molecule has 144 valence electrons. The second-order valence-corrected chi connectivity index (χ2v) is 7.21. The van der Waals surface area contributed by atoms with E-state index in [1.165, 1.54) is 0 Å². The Bertz CT molecular complexity index is 957. The topological polar surface area (TPSA) is 60.7 Å². The van der Waals surface area contributed by atoms with Gasteiger partial charge in [0, 0.05) is 5.41 Å². The molecule has 0 unspecified atom stereocenters. The molecule has 0 aromatic heterocycles. The van der Waals surface area contributed by atoms with Crippen LogP contribution in [-0.4, -0.2) is 15.3 Å². The third-order valence-corrected chi connectivity index (χ3v) is 5.39. The third kappa shape index (κ3) is 3.67. The first-order valence-electron chi connectivity index (χ1n) is 9.50. The number of rotatable bonds is 5. The van der Waals surface area contributed by atoms with Crippen LogP contribution in [0.2, 0.25) is 0 Å². The Morgan fingerprint density at radius 2 is 0.793 bits per heavy atom. The highest BCUT2D eigenvalue weighted by atomic mass is 16.3. The van der Waals surface area contributed by atoms with Crippen molar-refractivity contribution >= 4 is 0 Å². The second kappa shape index (κ2) is 7.72. The Morgan fingerprint density at radius 3 is 1.14 bits per heavy atom. The minimum atomic E-state index is -0.573. The molecule has 0 heterocycles. The van der Waals surface area contributed by atoms with Crippen molar-refractivity contribution in [2.45, 2.75) is 11.8 Å². The fourth-order valence-electron chi connectivity index (χ4n) is 3.95. The van der Waals surface area contributed by atoms with E-state index >= 15 is 0 Å². The quantitative estimate of drug-likeness (QED) is 0.406. The first-order chi connectivity index (χ1) is 14.1. The largest absolute Gasteiger partial charge is 0.508 e. The van der Waals surface area contributed by atoms with Crippen molar-refractivity contribution in [3.8, 4) is 17.2 Å². The van der Waals surface area contributed by atoms with E-state index in [4.69, 9.17) is 0 Å². The molecule has 4 aromatic carbocycles. The molecule has 29 heavy (non-hydrogen) atoms. The van der Waals surface area contributed by atoms with Gasteiger partial charge in [-0.2, -0.15) is 0 Å². The predicted octanol–water partition coefficient (Wildman–Crippen LogP) is 5.38. The highest BCUT2D eigenvalue weighted by Crippen LogP contribution is 2.43. The van der Waals surface area contributed by atoms with Crippen LogP contribution < -0.4 is 0 Å². The summed E-state index contributed by atoms with van der Waals surface area (Å²) in [4.78, 5) is 0. The monoisotopic (exact) mass is 382 g/mol. The lowest BCUT2D eigenvalue weighted by molar-refractivity contribution is 0.473. The SMILES string of the molecule is Oc1ccc(C(Cc2ccccc2)(c2ccc(O)cc2)c2ccc(O)cc2)cc1. The highest BCUT2D eigenvalue weighted by molar-refractivity contribution is 5.54. The predicted molar refractivity (Wildman–Crippen MR) is 114 cm³/mol. The van der Waals surface area contributed by atoms with Crippen LogP contribution in [0.5, 0.6) is 17.2 Å². The smallest absolute Gasteiger partial charge is 0.115 e. The lowest BCUT2D eigenvalue weighted by atomic mass is 9.66. The molecular formula is C26H22O3. The Labute approximate surface area is 170 Å². The lowest BCUT2D eigenvalue weighted by Gasteiger charge is -2.36. The summed E-state index contributed by atoms with van der Waals surface area (Å²) in [7, 11) is 0. The van der Waals surface area contributed by atoms with Gasteiger partial charge in [0.05, 0.1) is 0 Å². The Balaban J connectivity index is 2.01. The summed E-state index contributed by atoms with van der Waals surface area (Å²) in [6.07, 6.45) is 0.675. The van der Waals surface area contributed by atoms with Crippen LogP contribution >= 0.6 is 0 Å². The molecule has 0 spiro atoms. The van der Waals surface area contributed by atoms with Gasteiger partial charge >= 0.3 is 0 Å². The van der Waals surface area contributed by atoms with Gasteiger partial charge in [-0.05, 0) is 65.1 Å². The normalized spacial score (nSPS) is 11.3. The number of phenolic OH excluding ortho intramolecular Hbond substituents is 3. The first-order valence-corrected chi connectivity index (χ1v) is 9.50. The third-order valence-electron chi connectivity index (χ3n) is 5.39. The van der Waals surface area contributed by atoms with Gasteiger partial charge < -0.3 is 15.3 Å². The average Bonchev–Trinajstić information content (AvgIpc) is 2.75. The van der Waals surface area contributed by atoms with E-state index in [9.17, 15) is 15.3 Å². The summed E-state index contributed by atoms with van der Waals surface area (Å²) < 4.78 is 0. The van der Waals surface area contributed by atoms with E-state index in [1.807, 2.05) is 54.6 Å². The van der Waals surface area contributed by atoms with Crippen LogP contribution in [0, 0.1) is 0 Å². The summed E-state index contributed by atoms with van der Waals surface area (Å²) in [6, 6.07) is 31.9. The Morgan fingerprint density at radius 1 is 0.448 bits per heavy atom. The summed E-state index contributed by atoms with van der Waals surface area (Å²) in [5.74, 6) is 0.622. The average molecular weight is 382 g/mol. The van der Waals surface area contributed by atoms with Crippen LogP contribution in [0.25, 0.3) is 0 Å². The van der Waals surface area contributed by atoms with Crippen molar-refractivity contribution in [1.29, 1.82) is 0 Å². The maximum atomic E-state index is 9.86. The molecule has 0 bridgehead atoms. The van der Waals surface area contributed by atoms with Crippen LogP contribution in [-0.2, 0) is 11.8 Å². The zero-order valence-electron chi connectivity index (χ0n) is 15.9. The summed E-state index contributed by atoms with van der Waals surface area (Å²) in [5, 5.41) is 29.6. The van der Waals surface area contributed by atoms with Crippen molar-refractivity contribution in [3.05, 3.63) is 125 Å². The zero-order valence-corrected chi connectivity index (χ0v) is 15.9. The van der Waals surface area contributed by atoms with Crippen LogP contribution in [0.1, 0.15) is 22.3 Å². The Kier molecular flexibility index (Phi) is 4.96. The summed E-state index contributed by atoms with van der Waals surface area (Å²) in [6.45, 7) is 0. The molecule has 3 nitrogen and oxygen atoms in total. The highest BCUT2D eigenvalue weighted by Gasteiger charge is 2.36. The van der Waals surface area contributed by atoms with Crippen molar-refractivity contribution in [2.75, 3.05) is 0 Å². The van der Waals surface area contributed by atoms with Crippen LogP contribution in [0.3, 0.4) is 0 Å². The van der Waals surface area contributed by atoms with E-state index in [-0.39, 0.29) is 17.2 Å². The molecule has 0 aliphatic rings. The van der Waals surface area contributed by atoms with Crippen LogP contribution in [0.15, 0.2) is 103 Å². The van der Waals surface area contributed by atoms with E-state index in [1.54, 1.807) is 36.4 Å². The Hall–Kier alpha value is -3.72. The van der Waals surface area contributed by atoms with Crippen molar-refractivity contribution < 1.29 is 15.3 Å². The van der Waals surface area contributed by atoms with Gasteiger partial charge in [0.2, 0.25) is 0 Å². The number of hydrogen-bond donors (Lipinski definition) is 3. The fourth-order valence-corrected chi connectivity index (χ4v) is 3.95. The summed E-state index contributed by atoms with van der Waals surface area (Å²) in [5.41, 5.74) is 3.61. The van der Waals surface area contributed by atoms with Gasteiger partial charge in [-0.3, -0.25) is 0 Å². The van der Waals surface area contributed by atoms with Gasteiger partial charge in [-0.15, -0.1) is 0 Å². The zero-order chi connectivity index (χ0) is 20.3. The molecule has 0 aliphatic heterocycles. The van der Waals surface area contributed by atoms with Gasteiger partial charge in [-0.25, -0.2) is 0 Å². The molecule has 3 heteroatoms. The molecule has 0 amide bonds. The van der Waals surface area contributed by atoms with Gasteiger partial charge in [-0.1, -0.05) is 66.7 Å². The number of hydrogen-bond acceptors (Lipinski definition) is 3. The maximum Gasteiger partial charge on any atom is 0.115 e. The molecule has 4 rings (SSSR count). The summed E-state index contributed by atoms with van der Waals surface area (Å²) >= 11 is 0. The molecule has 0 saturated carbocycles. The van der Waals surface area contributed by atoms with Crippen LogP contribution in [0.4, 0.5) is 0 Å². The number of benzene rings is 4. The van der Waals surface area contributed by atoms with Crippen molar-refractivity contribution in [3.63, 3.8) is 0 Å². The molecule has 0 aliphatic carbocycles. The van der Waals surface area contributed by atoms with Gasteiger partial charge in [0.15, 0.2) is 0 Å².